The molecule has 0 aliphatic carbocycles. The average molecular weight is 291 g/mol. The zero-order valence-electron chi connectivity index (χ0n) is 13.0. The van der Waals surface area contributed by atoms with Gasteiger partial charge in [0.15, 0.2) is 11.6 Å². The van der Waals surface area contributed by atoms with Crippen molar-refractivity contribution in [1.82, 2.24) is 5.32 Å². The summed E-state index contributed by atoms with van der Waals surface area (Å²) < 4.78 is 24.5. The van der Waals surface area contributed by atoms with Crippen molar-refractivity contribution in [3.05, 3.63) is 53.2 Å². The van der Waals surface area contributed by atoms with E-state index in [0.29, 0.717) is 5.76 Å². The molecule has 0 saturated carbocycles. The van der Waals surface area contributed by atoms with Crippen molar-refractivity contribution in [2.75, 3.05) is 0 Å². The van der Waals surface area contributed by atoms with Crippen LogP contribution in [0.4, 0.5) is 4.39 Å². The normalized spacial score (nSPS) is 11.7. The second-order valence-electron chi connectivity index (χ2n) is 6.25. The Morgan fingerprint density at radius 1 is 1.24 bits per heavy atom. The molecule has 0 fully saturated rings. The summed E-state index contributed by atoms with van der Waals surface area (Å²) in [5, 5.41) is 3.38. The number of benzene rings is 1. The van der Waals surface area contributed by atoms with Crippen molar-refractivity contribution in [3.8, 4) is 5.75 Å². The molecule has 0 aliphatic rings. The highest BCUT2D eigenvalue weighted by Gasteiger charge is 2.10. The third kappa shape index (κ3) is 4.90. The first-order valence-electron chi connectivity index (χ1n) is 7.04. The predicted molar refractivity (Wildman–Crippen MR) is 80.8 cm³/mol. The van der Waals surface area contributed by atoms with Gasteiger partial charge in [0.25, 0.3) is 0 Å². The van der Waals surface area contributed by atoms with Crippen LogP contribution in [0.1, 0.15) is 37.7 Å². The van der Waals surface area contributed by atoms with E-state index in [0.717, 1.165) is 17.7 Å². The first-order valence-corrected chi connectivity index (χ1v) is 7.04. The predicted octanol–water partition coefficient (Wildman–Crippen LogP) is 4.19. The number of furan rings is 1. The van der Waals surface area contributed by atoms with Crippen LogP contribution in [0.15, 0.2) is 34.9 Å². The minimum atomic E-state index is -0.359. The van der Waals surface area contributed by atoms with Crippen LogP contribution in [0.3, 0.4) is 0 Å². The summed E-state index contributed by atoms with van der Waals surface area (Å²) in [6, 6.07) is 6.73. The quantitative estimate of drug-likeness (QED) is 0.896. The highest BCUT2D eigenvalue weighted by Crippen LogP contribution is 2.20. The standard InChI is InChI=1S/C17H22FNO2/c1-12-5-6-15(18)16(7-12)21-11-14-8-13(10-20-14)9-19-17(2,3)4/h5-8,10,19H,9,11H2,1-4H3. The van der Waals surface area contributed by atoms with Gasteiger partial charge in [-0.15, -0.1) is 0 Å². The molecule has 0 amide bonds. The summed E-state index contributed by atoms with van der Waals surface area (Å²) in [7, 11) is 0. The molecule has 3 nitrogen and oxygen atoms in total. The Morgan fingerprint density at radius 2 is 2.00 bits per heavy atom. The van der Waals surface area contributed by atoms with Crippen LogP contribution in [0.5, 0.6) is 5.75 Å². The van der Waals surface area contributed by atoms with Crippen LogP contribution >= 0.6 is 0 Å². The van der Waals surface area contributed by atoms with Crippen molar-refractivity contribution in [2.45, 2.75) is 46.4 Å². The van der Waals surface area contributed by atoms with E-state index in [2.05, 4.69) is 26.1 Å². The molecule has 4 heteroatoms. The van der Waals surface area contributed by atoms with Gasteiger partial charge in [0.2, 0.25) is 0 Å². The van der Waals surface area contributed by atoms with Crippen LogP contribution in [0.25, 0.3) is 0 Å². The molecule has 0 atom stereocenters. The van der Waals surface area contributed by atoms with Crippen molar-refractivity contribution >= 4 is 0 Å². The van der Waals surface area contributed by atoms with Gasteiger partial charge in [0, 0.05) is 17.6 Å². The first-order chi connectivity index (χ1) is 9.83. The number of aryl methyl sites for hydroxylation is 1. The van der Waals surface area contributed by atoms with E-state index in [1.54, 1.807) is 18.4 Å². The second kappa shape index (κ2) is 6.31. The molecule has 1 aromatic carbocycles. The lowest BCUT2D eigenvalue weighted by molar-refractivity contribution is 0.258. The summed E-state index contributed by atoms with van der Waals surface area (Å²) in [4.78, 5) is 0. The summed E-state index contributed by atoms with van der Waals surface area (Å²) in [6.45, 7) is 9.17. The minimum Gasteiger partial charge on any atom is -0.483 e. The Hall–Kier alpha value is -1.81. The molecule has 0 bridgehead atoms. The lowest BCUT2D eigenvalue weighted by Gasteiger charge is -2.19. The zero-order valence-corrected chi connectivity index (χ0v) is 13.0. The number of halogens is 1. The molecule has 0 spiro atoms. The molecule has 114 valence electrons. The number of ether oxygens (including phenoxy) is 1. The molecular weight excluding hydrogens is 269 g/mol. The Morgan fingerprint density at radius 3 is 2.71 bits per heavy atom. The smallest absolute Gasteiger partial charge is 0.165 e. The molecule has 21 heavy (non-hydrogen) atoms. The van der Waals surface area contributed by atoms with Crippen LogP contribution in [0.2, 0.25) is 0 Å². The first kappa shape index (κ1) is 15.6. The number of hydrogen-bond acceptors (Lipinski definition) is 3. The molecule has 0 radical (unpaired) electrons. The van der Waals surface area contributed by atoms with Crippen molar-refractivity contribution in [1.29, 1.82) is 0 Å². The van der Waals surface area contributed by atoms with Gasteiger partial charge in [0.05, 0.1) is 6.26 Å². The van der Waals surface area contributed by atoms with Crippen LogP contribution in [-0.4, -0.2) is 5.54 Å². The SMILES string of the molecule is Cc1ccc(F)c(OCc2cc(CNC(C)(C)C)co2)c1. The van der Waals surface area contributed by atoms with E-state index in [9.17, 15) is 4.39 Å². The molecule has 1 aromatic heterocycles. The molecular formula is C17H22FNO2. The van der Waals surface area contributed by atoms with E-state index in [-0.39, 0.29) is 23.7 Å². The maximum atomic E-state index is 13.6. The molecule has 1 heterocycles. The van der Waals surface area contributed by atoms with Crippen molar-refractivity contribution in [3.63, 3.8) is 0 Å². The van der Waals surface area contributed by atoms with Crippen molar-refractivity contribution < 1.29 is 13.5 Å². The Kier molecular flexibility index (Phi) is 4.68. The van der Waals surface area contributed by atoms with Gasteiger partial charge in [-0.25, -0.2) is 4.39 Å². The van der Waals surface area contributed by atoms with Gasteiger partial charge in [-0.2, -0.15) is 0 Å². The lowest BCUT2D eigenvalue weighted by Crippen LogP contribution is -2.34. The molecule has 2 aromatic rings. The molecule has 0 unspecified atom stereocenters. The molecule has 1 N–H and O–H groups in total. The Balaban J connectivity index is 1.92. The topological polar surface area (TPSA) is 34.4 Å². The zero-order chi connectivity index (χ0) is 15.5. The molecule has 2 rings (SSSR count). The number of rotatable bonds is 5. The fourth-order valence-electron chi connectivity index (χ4n) is 1.83. The van der Waals surface area contributed by atoms with Gasteiger partial charge >= 0.3 is 0 Å². The van der Waals surface area contributed by atoms with E-state index < -0.39 is 0 Å². The largest absolute Gasteiger partial charge is 0.483 e. The number of hydrogen-bond donors (Lipinski definition) is 1. The van der Waals surface area contributed by atoms with Crippen LogP contribution in [0, 0.1) is 12.7 Å². The third-order valence-electron chi connectivity index (χ3n) is 2.99. The Labute approximate surface area is 125 Å². The van der Waals surface area contributed by atoms with Gasteiger partial charge in [-0.1, -0.05) is 6.07 Å². The highest BCUT2D eigenvalue weighted by molar-refractivity contribution is 5.29. The average Bonchev–Trinajstić information content (AvgIpc) is 2.85. The fraction of sp³-hybridized carbons (Fsp3) is 0.412. The van der Waals surface area contributed by atoms with Gasteiger partial charge < -0.3 is 14.5 Å². The summed E-state index contributed by atoms with van der Waals surface area (Å²) >= 11 is 0. The Bertz CT molecular complexity index is 599. The fourth-order valence-corrected chi connectivity index (χ4v) is 1.83. The van der Waals surface area contributed by atoms with E-state index in [1.807, 2.05) is 13.0 Å². The highest BCUT2D eigenvalue weighted by atomic mass is 19.1. The number of nitrogens with one attached hydrogen (secondary N) is 1. The van der Waals surface area contributed by atoms with Crippen LogP contribution in [-0.2, 0) is 13.2 Å². The van der Waals surface area contributed by atoms with Crippen LogP contribution < -0.4 is 10.1 Å². The van der Waals surface area contributed by atoms with Gasteiger partial charge in [0.1, 0.15) is 12.4 Å². The molecule has 0 aliphatic heterocycles. The van der Waals surface area contributed by atoms with E-state index >= 15 is 0 Å². The van der Waals surface area contributed by atoms with E-state index in [4.69, 9.17) is 9.15 Å². The molecule has 0 saturated heterocycles. The lowest BCUT2D eigenvalue weighted by atomic mass is 10.1. The maximum absolute atomic E-state index is 13.6. The van der Waals surface area contributed by atoms with Crippen molar-refractivity contribution in [2.24, 2.45) is 0 Å². The minimum absolute atomic E-state index is 0.0542. The third-order valence-corrected chi connectivity index (χ3v) is 2.99. The second-order valence-corrected chi connectivity index (χ2v) is 6.25. The summed E-state index contributed by atoms with van der Waals surface area (Å²) in [5.74, 6) is 0.573. The maximum Gasteiger partial charge on any atom is 0.165 e. The van der Waals surface area contributed by atoms with Gasteiger partial charge in [-0.05, 0) is 51.5 Å². The van der Waals surface area contributed by atoms with E-state index in [1.165, 1.54) is 6.07 Å². The monoisotopic (exact) mass is 291 g/mol. The van der Waals surface area contributed by atoms with Gasteiger partial charge in [-0.3, -0.25) is 0 Å². The summed E-state index contributed by atoms with van der Waals surface area (Å²) in [5.41, 5.74) is 2.06. The summed E-state index contributed by atoms with van der Waals surface area (Å²) in [6.07, 6.45) is 1.70.